The normalized spacial score (nSPS) is 19.9. The smallest absolute Gasteiger partial charge is 0.191 e. The molecule has 3 rings (SSSR count). The minimum atomic E-state index is 0.532. The van der Waals surface area contributed by atoms with Gasteiger partial charge in [0.2, 0.25) is 0 Å². The van der Waals surface area contributed by atoms with Gasteiger partial charge < -0.3 is 20.3 Å². The van der Waals surface area contributed by atoms with E-state index in [1.54, 1.807) is 0 Å². The van der Waals surface area contributed by atoms with Crippen molar-refractivity contribution in [2.24, 2.45) is 10.9 Å². The molecule has 1 aromatic heterocycles. The van der Waals surface area contributed by atoms with Gasteiger partial charge in [-0.2, -0.15) is 0 Å². The van der Waals surface area contributed by atoms with Crippen LogP contribution in [0.1, 0.15) is 52.0 Å². The molecule has 2 saturated heterocycles. The van der Waals surface area contributed by atoms with E-state index in [1.165, 1.54) is 38.8 Å². The van der Waals surface area contributed by atoms with Crippen LogP contribution < -0.4 is 15.5 Å². The monoisotopic (exact) mass is 430 g/mol. The number of aliphatic imine (C=N–C) groups is 1. The lowest BCUT2D eigenvalue weighted by molar-refractivity contribution is 0.122. The van der Waals surface area contributed by atoms with Gasteiger partial charge in [0.15, 0.2) is 5.96 Å². The highest BCUT2D eigenvalue weighted by molar-refractivity contribution is 5.79. The molecule has 174 valence electrons. The van der Waals surface area contributed by atoms with Crippen LogP contribution in [0.4, 0.5) is 5.82 Å². The van der Waals surface area contributed by atoms with Gasteiger partial charge in [-0.05, 0) is 44.8 Å². The highest BCUT2D eigenvalue weighted by atomic mass is 16.5. The zero-order valence-corrected chi connectivity index (χ0v) is 19.8. The average Bonchev–Trinajstić information content (AvgIpc) is 3.07. The second-order valence-corrected chi connectivity index (χ2v) is 8.92. The molecule has 0 radical (unpaired) electrons. The van der Waals surface area contributed by atoms with Crippen LogP contribution in [0.3, 0.4) is 0 Å². The third-order valence-corrected chi connectivity index (χ3v) is 6.29. The second-order valence-electron chi connectivity index (χ2n) is 8.92. The Morgan fingerprint density at radius 1 is 1.10 bits per heavy atom. The van der Waals surface area contributed by atoms with Crippen molar-refractivity contribution in [1.82, 2.24) is 20.5 Å². The number of likely N-dealkylation sites (tertiary alicyclic amines) is 1. The predicted molar refractivity (Wildman–Crippen MR) is 129 cm³/mol. The van der Waals surface area contributed by atoms with Crippen molar-refractivity contribution in [3.8, 4) is 0 Å². The molecule has 7 nitrogen and oxygen atoms in total. The van der Waals surface area contributed by atoms with E-state index in [2.05, 4.69) is 52.3 Å². The number of guanidine groups is 1. The number of hydrogen-bond acceptors (Lipinski definition) is 5. The Balaban J connectivity index is 1.64. The summed E-state index contributed by atoms with van der Waals surface area (Å²) in [5, 5.41) is 7.06. The minimum absolute atomic E-state index is 0.532. The van der Waals surface area contributed by atoms with E-state index in [-0.39, 0.29) is 0 Å². The number of morpholine rings is 1. The summed E-state index contributed by atoms with van der Waals surface area (Å²) in [5.41, 5.74) is 1.16. The van der Waals surface area contributed by atoms with E-state index in [1.807, 2.05) is 12.3 Å². The standard InChI is InChI=1S/C24H42N6O/c1-4-25-24(28-19-22(20(2)3)29-12-7-5-6-8-13-29)27-18-21-10-9-11-26-23(21)30-14-16-31-17-15-30/h9-11,20,22H,4-8,12-19H2,1-3H3,(H2,25,27,28). The number of nitrogens with zero attached hydrogens (tertiary/aromatic N) is 4. The van der Waals surface area contributed by atoms with Gasteiger partial charge >= 0.3 is 0 Å². The van der Waals surface area contributed by atoms with Crippen LogP contribution >= 0.6 is 0 Å². The molecule has 2 aliphatic rings. The molecule has 7 heteroatoms. The number of anilines is 1. The second kappa shape index (κ2) is 12.9. The molecular weight excluding hydrogens is 388 g/mol. The summed E-state index contributed by atoms with van der Waals surface area (Å²) in [6.07, 6.45) is 7.26. The lowest BCUT2D eigenvalue weighted by Crippen LogP contribution is -2.49. The zero-order valence-electron chi connectivity index (χ0n) is 19.8. The number of pyridine rings is 1. The predicted octanol–water partition coefficient (Wildman–Crippen LogP) is 2.87. The molecule has 2 fully saturated rings. The van der Waals surface area contributed by atoms with E-state index < -0.39 is 0 Å². The van der Waals surface area contributed by atoms with Crippen LogP contribution in [0.5, 0.6) is 0 Å². The Bertz CT molecular complexity index is 666. The number of aromatic nitrogens is 1. The zero-order chi connectivity index (χ0) is 21.9. The third-order valence-electron chi connectivity index (χ3n) is 6.29. The van der Waals surface area contributed by atoms with E-state index in [9.17, 15) is 0 Å². The summed E-state index contributed by atoms with van der Waals surface area (Å²) in [4.78, 5) is 14.6. The van der Waals surface area contributed by atoms with Gasteiger partial charge in [-0.15, -0.1) is 0 Å². The van der Waals surface area contributed by atoms with E-state index >= 15 is 0 Å². The van der Waals surface area contributed by atoms with Gasteiger partial charge in [-0.25, -0.2) is 9.98 Å². The summed E-state index contributed by atoms with van der Waals surface area (Å²) in [6.45, 7) is 14.9. The summed E-state index contributed by atoms with van der Waals surface area (Å²) in [5.74, 6) is 2.54. The van der Waals surface area contributed by atoms with Gasteiger partial charge in [0.1, 0.15) is 5.82 Å². The topological polar surface area (TPSA) is 65.0 Å². The summed E-state index contributed by atoms with van der Waals surface area (Å²) in [7, 11) is 0. The molecule has 2 aliphatic heterocycles. The first-order valence-electron chi connectivity index (χ1n) is 12.2. The first-order valence-corrected chi connectivity index (χ1v) is 12.2. The molecular formula is C24H42N6O. The van der Waals surface area contributed by atoms with Crippen LogP contribution in [-0.4, -0.2) is 74.4 Å². The van der Waals surface area contributed by atoms with Gasteiger partial charge in [-0.3, -0.25) is 4.90 Å². The van der Waals surface area contributed by atoms with Crippen LogP contribution in [-0.2, 0) is 11.3 Å². The molecule has 0 aromatic carbocycles. The molecule has 0 spiro atoms. The van der Waals surface area contributed by atoms with Crippen LogP contribution in [0.2, 0.25) is 0 Å². The lowest BCUT2D eigenvalue weighted by Gasteiger charge is -2.34. The average molecular weight is 431 g/mol. The molecule has 2 N–H and O–H groups in total. The van der Waals surface area contributed by atoms with E-state index in [0.717, 1.165) is 56.7 Å². The molecule has 1 unspecified atom stereocenters. The van der Waals surface area contributed by atoms with Gasteiger partial charge in [0.25, 0.3) is 0 Å². The molecule has 0 bridgehead atoms. The van der Waals surface area contributed by atoms with Crippen LogP contribution in [0.15, 0.2) is 23.3 Å². The summed E-state index contributed by atoms with van der Waals surface area (Å²) in [6, 6.07) is 4.67. The van der Waals surface area contributed by atoms with Crippen molar-refractivity contribution in [2.75, 3.05) is 57.4 Å². The maximum atomic E-state index is 5.50. The number of hydrogen-bond donors (Lipinski definition) is 2. The Morgan fingerprint density at radius 2 is 1.84 bits per heavy atom. The Morgan fingerprint density at radius 3 is 2.52 bits per heavy atom. The van der Waals surface area contributed by atoms with Gasteiger partial charge in [0.05, 0.1) is 19.8 Å². The Kier molecular flexibility index (Phi) is 9.87. The molecule has 0 amide bonds. The fourth-order valence-corrected chi connectivity index (χ4v) is 4.53. The maximum absolute atomic E-state index is 5.50. The molecule has 0 saturated carbocycles. The molecule has 1 aromatic rings. The molecule has 31 heavy (non-hydrogen) atoms. The van der Waals surface area contributed by atoms with Gasteiger partial charge in [-0.1, -0.05) is 32.8 Å². The minimum Gasteiger partial charge on any atom is -0.378 e. The first-order chi connectivity index (χ1) is 15.2. The SMILES string of the molecule is CCNC(=NCc1cccnc1N1CCOCC1)NCC(C(C)C)N1CCCCCC1. The maximum Gasteiger partial charge on any atom is 0.191 e. The van der Waals surface area contributed by atoms with Crippen molar-refractivity contribution in [2.45, 2.75) is 59.0 Å². The van der Waals surface area contributed by atoms with Crippen molar-refractivity contribution >= 4 is 11.8 Å². The van der Waals surface area contributed by atoms with Gasteiger partial charge in [0, 0.05) is 44.0 Å². The summed E-state index contributed by atoms with van der Waals surface area (Å²) < 4.78 is 5.50. The van der Waals surface area contributed by atoms with E-state index in [4.69, 9.17) is 9.73 Å². The highest BCUT2D eigenvalue weighted by Gasteiger charge is 2.23. The molecule has 0 aliphatic carbocycles. The number of nitrogens with one attached hydrogen (secondary N) is 2. The van der Waals surface area contributed by atoms with E-state index in [0.29, 0.717) is 18.5 Å². The van der Waals surface area contributed by atoms with Crippen LogP contribution in [0, 0.1) is 5.92 Å². The van der Waals surface area contributed by atoms with Crippen LogP contribution in [0.25, 0.3) is 0 Å². The molecule has 3 heterocycles. The quantitative estimate of drug-likeness (QED) is 0.488. The largest absolute Gasteiger partial charge is 0.378 e. The Labute approximate surface area is 188 Å². The highest BCUT2D eigenvalue weighted by Crippen LogP contribution is 2.20. The van der Waals surface area contributed by atoms with Crippen molar-refractivity contribution in [3.63, 3.8) is 0 Å². The number of rotatable bonds is 8. The van der Waals surface area contributed by atoms with Crippen molar-refractivity contribution < 1.29 is 4.74 Å². The molecule has 1 atom stereocenters. The van der Waals surface area contributed by atoms with Crippen molar-refractivity contribution in [3.05, 3.63) is 23.9 Å². The summed E-state index contributed by atoms with van der Waals surface area (Å²) >= 11 is 0. The fraction of sp³-hybridized carbons (Fsp3) is 0.750. The number of ether oxygens (including phenoxy) is 1. The fourth-order valence-electron chi connectivity index (χ4n) is 4.53. The van der Waals surface area contributed by atoms with Crippen molar-refractivity contribution in [1.29, 1.82) is 0 Å². The Hall–Kier alpha value is -1.86. The first kappa shape index (κ1) is 23.8. The third kappa shape index (κ3) is 7.35. The lowest BCUT2D eigenvalue weighted by atomic mass is 10.0.